The third-order valence-corrected chi connectivity index (χ3v) is 4.86. The van der Waals surface area contributed by atoms with Crippen molar-refractivity contribution in [1.82, 2.24) is 9.97 Å². The molecule has 0 saturated heterocycles. The molecule has 0 atom stereocenters. The van der Waals surface area contributed by atoms with Gasteiger partial charge in [0.1, 0.15) is 25.4 Å². The number of anilines is 2. The number of carboxylic acids is 2. The molecule has 0 saturated carbocycles. The molecule has 0 fully saturated rings. The fraction of sp³-hybridized carbons (Fsp3) is 0.333. The zero-order valence-corrected chi connectivity index (χ0v) is 21.8. The van der Waals surface area contributed by atoms with Crippen molar-refractivity contribution < 1.29 is 44.2 Å². The molecule has 2 aromatic carbocycles. The van der Waals surface area contributed by atoms with Gasteiger partial charge in [-0.05, 0) is 30.7 Å². The number of benzene rings is 2. The third-order valence-electron chi connectivity index (χ3n) is 4.86. The molecule has 0 aliphatic rings. The molecule has 0 unspecified atom stereocenters. The van der Waals surface area contributed by atoms with Crippen LogP contribution in [0, 0.1) is 12.3 Å². The van der Waals surface area contributed by atoms with Gasteiger partial charge in [0.25, 0.3) is 0 Å². The number of terminal acetylenes is 1. The lowest BCUT2D eigenvalue weighted by atomic mass is 10.2. The number of methoxy groups -OCH3 is 2. The third kappa shape index (κ3) is 11.7. The van der Waals surface area contributed by atoms with Gasteiger partial charge in [0.15, 0.2) is 11.5 Å². The van der Waals surface area contributed by atoms with Gasteiger partial charge in [-0.2, -0.15) is 0 Å². The Labute approximate surface area is 226 Å². The summed E-state index contributed by atoms with van der Waals surface area (Å²) in [6, 6.07) is 11.3. The van der Waals surface area contributed by atoms with Gasteiger partial charge in [-0.3, -0.25) is 9.59 Å². The van der Waals surface area contributed by atoms with Crippen LogP contribution in [0.2, 0.25) is 0 Å². The van der Waals surface area contributed by atoms with Crippen LogP contribution in [-0.2, 0) is 19.1 Å². The van der Waals surface area contributed by atoms with Crippen LogP contribution >= 0.6 is 0 Å². The summed E-state index contributed by atoms with van der Waals surface area (Å²) >= 11 is 0. The number of nitrogens with one attached hydrogen (secondary N) is 1. The van der Waals surface area contributed by atoms with Gasteiger partial charge in [0, 0.05) is 49.8 Å². The van der Waals surface area contributed by atoms with Gasteiger partial charge < -0.3 is 40.0 Å². The zero-order chi connectivity index (χ0) is 27.8. The van der Waals surface area contributed by atoms with E-state index >= 15 is 0 Å². The minimum Gasteiger partial charge on any atom is -0.487 e. The molecular formula is C27H33N3O9. The lowest BCUT2D eigenvalue weighted by Crippen LogP contribution is -2.09. The van der Waals surface area contributed by atoms with Crippen molar-refractivity contribution in [2.24, 2.45) is 0 Å². The fourth-order valence-corrected chi connectivity index (χ4v) is 3.07. The van der Waals surface area contributed by atoms with Crippen LogP contribution in [0.25, 0.3) is 10.9 Å². The lowest BCUT2D eigenvalue weighted by molar-refractivity contribution is -0.138. The van der Waals surface area contributed by atoms with Crippen LogP contribution in [0.5, 0.6) is 11.5 Å². The summed E-state index contributed by atoms with van der Waals surface area (Å²) in [5.74, 6) is 2.55. The Balaban J connectivity index is 0.000000656. The maximum atomic E-state index is 9.79. The van der Waals surface area contributed by atoms with E-state index in [-0.39, 0.29) is 24.7 Å². The second-order valence-corrected chi connectivity index (χ2v) is 7.71. The van der Waals surface area contributed by atoms with E-state index in [9.17, 15) is 9.59 Å². The molecule has 3 rings (SSSR count). The molecule has 3 aromatic rings. The SMILES string of the molecule is C#Cc1cccc(Nc2ncnc3cc(OCCOC)c(OCCOC)cc23)c1.O.O=C(O)CCCC(=O)O. The molecule has 0 amide bonds. The highest BCUT2D eigenvalue weighted by atomic mass is 16.5. The second-order valence-electron chi connectivity index (χ2n) is 7.71. The van der Waals surface area contributed by atoms with Crippen LogP contribution in [0.15, 0.2) is 42.7 Å². The first kappa shape index (κ1) is 32.6. The largest absolute Gasteiger partial charge is 0.487 e. The monoisotopic (exact) mass is 543 g/mol. The first-order valence-corrected chi connectivity index (χ1v) is 11.7. The number of fused-ring (bicyclic) bond motifs is 1. The van der Waals surface area contributed by atoms with Crippen LogP contribution in [0.1, 0.15) is 24.8 Å². The molecule has 0 bridgehead atoms. The Morgan fingerprint density at radius 2 is 1.54 bits per heavy atom. The Morgan fingerprint density at radius 1 is 0.923 bits per heavy atom. The zero-order valence-electron chi connectivity index (χ0n) is 21.8. The van der Waals surface area contributed by atoms with Gasteiger partial charge in [-0.15, -0.1) is 6.42 Å². The maximum absolute atomic E-state index is 9.79. The summed E-state index contributed by atoms with van der Waals surface area (Å²) in [5, 5.41) is 20.2. The number of ether oxygens (including phenoxy) is 4. The summed E-state index contributed by atoms with van der Waals surface area (Å²) in [6.07, 6.45) is 7.08. The van der Waals surface area contributed by atoms with Crippen LogP contribution in [0.3, 0.4) is 0 Å². The Bertz CT molecular complexity index is 1230. The van der Waals surface area contributed by atoms with Gasteiger partial charge in [0.05, 0.1) is 18.7 Å². The Morgan fingerprint density at radius 3 is 2.10 bits per heavy atom. The van der Waals surface area contributed by atoms with Crippen molar-refractivity contribution in [3.8, 4) is 23.8 Å². The summed E-state index contributed by atoms with van der Waals surface area (Å²) in [4.78, 5) is 28.3. The topological polar surface area (TPSA) is 181 Å². The predicted octanol–water partition coefficient (Wildman–Crippen LogP) is 2.91. The molecule has 0 aliphatic heterocycles. The number of aliphatic carboxylic acids is 2. The van der Waals surface area contributed by atoms with Gasteiger partial charge >= 0.3 is 11.9 Å². The van der Waals surface area contributed by atoms with E-state index in [1.165, 1.54) is 6.33 Å². The first-order chi connectivity index (χ1) is 18.4. The average Bonchev–Trinajstić information content (AvgIpc) is 2.89. The molecule has 12 nitrogen and oxygen atoms in total. The number of carboxylic acid groups (broad SMARTS) is 2. The van der Waals surface area contributed by atoms with Crippen molar-refractivity contribution >= 4 is 34.3 Å². The van der Waals surface area contributed by atoms with Gasteiger partial charge in [0.2, 0.25) is 0 Å². The van der Waals surface area contributed by atoms with Crippen molar-refractivity contribution in [1.29, 1.82) is 0 Å². The number of nitrogens with zero attached hydrogens (tertiary/aromatic N) is 2. The molecule has 1 heterocycles. The lowest BCUT2D eigenvalue weighted by Gasteiger charge is -2.15. The van der Waals surface area contributed by atoms with Gasteiger partial charge in [-0.1, -0.05) is 12.0 Å². The van der Waals surface area contributed by atoms with Crippen molar-refractivity contribution in [2.75, 3.05) is 46.0 Å². The first-order valence-electron chi connectivity index (χ1n) is 11.7. The number of carbonyl (C=O) groups is 2. The second kappa shape index (κ2) is 17.9. The standard InChI is InChI=1S/C22H23N3O4.C5H8O4.H2O/c1-4-16-6-5-7-17(12-16)25-22-18-13-20(28-10-8-26-2)21(29-11-9-27-3)14-19(18)23-15-24-22;6-4(7)2-1-3-5(8)9;/h1,5-7,12-15H,8-11H2,2-3H3,(H,23,24,25);1-3H2,(H,6,7)(H,8,9);1H2. The Hall–Kier alpha value is -4.44. The van der Waals surface area contributed by atoms with Crippen LogP contribution < -0.4 is 14.8 Å². The molecular weight excluding hydrogens is 510 g/mol. The van der Waals surface area contributed by atoms with Crippen molar-refractivity contribution in [3.05, 3.63) is 48.3 Å². The summed E-state index contributed by atoms with van der Waals surface area (Å²) < 4.78 is 21.8. The molecule has 5 N–H and O–H groups in total. The molecule has 1 aromatic heterocycles. The Kier molecular flexibility index (Phi) is 15.0. The van der Waals surface area contributed by atoms with E-state index in [0.717, 1.165) is 22.2 Å². The molecule has 210 valence electrons. The molecule has 12 heteroatoms. The van der Waals surface area contributed by atoms with Crippen LogP contribution in [0.4, 0.5) is 11.5 Å². The van der Waals surface area contributed by atoms with E-state index < -0.39 is 11.9 Å². The van der Waals surface area contributed by atoms with E-state index in [4.69, 9.17) is 35.6 Å². The molecule has 0 spiro atoms. The minimum absolute atomic E-state index is 0. The number of rotatable bonds is 14. The fourth-order valence-electron chi connectivity index (χ4n) is 3.07. The minimum atomic E-state index is -0.948. The smallest absolute Gasteiger partial charge is 0.303 e. The van der Waals surface area contributed by atoms with E-state index in [1.807, 2.05) is 36.4 Å². The highest BCUT2D eigenvalue weighted by Crippen LogP contribution is 2.35. The summed E-state index contributed by atoms with van der Waals surface area (Å²) in [7, 11) is 3.25. The average molecular weight is 544 g/mol. The van der Waals surface area contributed by atoms with Crippen LogP contribution in [-0.4, -0.2) is 78.2 Å². The van der Waals surface area contributed by atoms with E-state index in [1.54, 1.807) is 14.2 Å². The summed E-state index contributed by atoms with van der Waals surface area (Å²) in [6.45, 7) is 1.73. The molecule has 39 heavy (non-hydrogen) atoms. The highest BCUT2D eigenvalue weighted by Gasteiger charge is 2.13. The number of hydrogen-bond acceptors (Lipinski definition) is 9. The van der Waals surface area contributed by atoms with Gasteiger partial charge in [-0.25, -0.2) is 9.97 Å². The predicted molar refractivity (Wildman–Crippen MR) is 145 cm³/mol. The molecule has 0 radical (unpaired) electrons. The van der Waals surface area contributed by atoms with E-state index in [2.05, 4.69) is 21.2 Å². The van der Waals surface area contributed by atoms with E-state index in [0.29, 0.717) is 43.7 Å². The quantitative estimate of drug-likeness (QED) is 0.201. The normalized spacial score (nSPS) is 9.87. The summed E-state index contributed by atoms with van der Waals surface area (Å²) in [5.41, 5.74) is 2.34. The maximum Gasteiger partial charge on any atom is 0.303 e. The molecule has 0 aliphatic carbocycles. The highest BCUT2D eigenvalue weighted by molar-refractivity contribution is 5.93. The number of aromatic nitrogens is 2. The number of hydrogen-bond donors (Lipinski definition) is 3. The van der Waals surface area contributed by atoms with Crippen molar-refractivity contribution in [2.45, 2.75) is 19.3 Å². The van der Waals surface area contributed by atoms with Crippen molar-refractivity contribution in [3.63, 3.8) is 0 Å².